The Morgan fingerprint density at radius 3 is 2.47 bits per heavy atom. The summed E-state index contributed by atoms with van der Waals surface area (Å²) in [6.45, 7) is 2.60. The van der Waals surface area contributed by atoms with Gasteiger partial charge in [0.05, 0.1) is 13.4 Å². The molecule has 0 radical (unpaired) electrons. The van der Waals surface area contributed by atoms with E-state index in [-0.39, 0.29) is 5.91 Å². The Morgan fingerprint density at radius 1 is 1.03 bits per heavy atom. The van der Waals surface area contributed by atoms with E-state index < -0.39 is 10.0 Å². The summed E-state index contributed by atoms with van der Waals surface area (Å²) in [6, 6.07) is 13.0. The SMILES string of the molecule is COc1cccc(CNCc2cc(NS(C)(=O)=O)cc(C(=O)N3CCCCC3)c2)c1. The Morgan fingerprint density at radius 2 is 1.77 bits per heavy atom. The summed E-state index contributed by atoms with van der Waals surface area (Å²) in [5, 5.41) is 3.35. The number of nitrogens with zero attached hydrogens (tertiary/aromatic N) is 1. The summed E-state index contributed by atoms with van der Waals surface area (Å²) < 4.78 is 31.2. The molecule has 0 aromatic heterocycles. The number of methoxy groups -OCH3 is 1. The lowest BCUT2D eigenvalue weighted by atomic mass is 10.1. The predicted molar refractivity (Wildman–Crippen MR) is 118 cm³/mol. The standard InChI is InChI=1S/C22H29N3O4S/c1-29-21-8-6-7-17(13-21)15-23-16-18-11-19(14-20(12-18)24-30(2,27)28)22(26)25-9-4-3-5-10-25/h6-8,11-14,23-24H,3-5,9-10,15-16H2,1-2H3. The molecule has 1 saturated heterocycles. The Hall–Kier alpha value is -2.58. The second-order valence-corrected chi connectivity index (χ2v) is 9.35. The summed E-state index contributed by atoms with van der Waals surface area (Å²) in [5.41, 5.74) is 2.82. The van der Waals surface area contributed by atoms with Crippen LogP contribution in [0.15, 0.2) is 42.5 Å². The third-order valence-corrected chi connectivity index (χ3v) is 5.59. The highest BCUT2D eigenvalue weighted by Gasteiger charge is 2.19. The maximum Gasteiger partial charge on any atom is 0.253 e. The monoisotopic (exact) mass is 431 g/mol. The number of carbonyl (C=O) groups is 1. The van der Waals surface area contributed by atoms with Crippen LogP contribution in [-0.4, -0.2) is 45.7 Å². The van der Waals surface area contributed by atoms with Gasteiger partial charge in [-0.2, -0.15) is 0 Å². The second-order valence-electron chi connectivity index (χ2n) is 7.60. The van der Waals surface area contributed by atoms with E-state index in [1.807, 2.05) is 35.2 Å². The minimum Gasteiger partial charge on any atom is -0.497 e. The first-order valence-corrected chi connectivity index (χ1v) is 12.0. The largest absolute Gasteiger partial charge is 0.497 e. The van der Waals surface area contributed by atoms with Crippen LogP contribution in [0, 0.1) is 0 Å². The van der Waals surface area contributed by atoms with Crippen LogP contribution in [-0.2, 0) is 23.1 Å². The van der Waals surface area contributed by atoms with Gasteiger partial charge in [-0.05, 0) is 60.7 Å². The van der Waals surface area contributed by atoms with Gasteiger partial charge in [0.15, 0.2) is 0 Å². The first-order valence-electron chi connectivity index (χ1n) is 10.1. The van der Waals surface area contributed by atoms with Crippen LogP contribution in [0.25, 0.3) is 0 Å². The van der Waals surface area contributed by atoms with Crippen molar-refractivity contribution in [3.8, 4) is 5.75 Å². The molecule has 1 aliphatic rings. The van der Waals surface area contributed by atoms with Crippen molar-refractivity contribution in [1.82, 2.24) is 10.2 Å². The van der Waals surface area contributed by atoms with Crippen LogP contribution in [0.4, 0.5) is 5.69 Å². The Bertz CT molecular complexity index is 986. The lowest BCUT2D eigenvalue weighted by molar-refractivity contribution is 0.0724. The summed E-state index contributed by atoms with van der Waals surface area (Å²) in [6.07, 6.45) is 4.25. The fraction of sp³-hybridized carbons (Fsp3) is 0.409. The molecule has 7 nitrogen and oxygen atoms in total. The maximum absolute atomic E-state index is 12.9. The molecule has 1 aliphatic heterocycles. The lowest BCUT2D eigenvalue weighted by Crippen LogP contribution is -2.35. The summed E-state index contributed by atoms with van der Waals surface area (Å²) >= 11 is 0. The van der Waals surface area contributed by atoms with Crippen LogP contribution < -0.4 is 14.8 Å². The van der Waals surface area contributed by atoms with Gasteiger partial charge in [0.1, 0.15) is 5.75 Å². The normalized spacial score (nSPS) is 14.4. The van der Waals surface area contributed by atoms with E-state index in [1.165, 1.54) is 0 Å². The molecule has 0 bridgehead atoms. The van der Waals surface area contributed by atoms with Gasteiger partial charge < -0.3 is 15.0 Å². The van der Waals surface area contributed by atoms with Crippen molar-refractivity contribution in [2.75, 3.05) is 31.2 Å². The number of sulfonamides is 1. The molecule has 0 unspecified atom stereocenters. The number of nitrogens with one attached hydrogen (secondary N) is 2. The molecule has 3 rings (SSSR count). The fourth-order valence-electron chi connectivity index (χ4n) is 3.60. The van der Waals surface area contributed by atoms with Crippen molar-refractivity contribution in [2.45, 2.75) is 32.4 Å². The first-order chi connectivity index (χ1) is 14.3. The number of piperidine rings is 1. The summed E-state index contributed by atoms with van der Waals surface area (Å²) in [5.74, 6) is 0.740. The molecule has 0 atom stereocenters. The second kappa shape index (κ2) is 9.95. The van der Waals surface area contributed by atoms with Gasteiger partial charge in [0.2, 0.25) is 10.0 Å². The van der Waals surface area contributed by atoms with Crippen LogP contribution in [0.1, 0.15) is 40.7 Å². The smallest absolute Gasteiger partial charge is 0.253 e. The van der Waals surface area contributed by atoms with Crippen molar-refractivity contribution in [1.29, 1.82) is 0 Å². The number of ether oxygens (including phenoxy) is 1. The van der Waals surface area contributed by atoms with E-state index in [2.05, 4.69) is 10.0 Å². The highest BCUT2D eigenvalue weighted by atomic mass is 32.2. The Kier molecular flexibility index (Phi) is 7.33. The van der Waals surface area contributed by atoms with Crippen molar-refractivity contribution in [3.63, 3.8) is 0 Å². The molecule has 2 aromatic carbocycles. The third kappa shape index (κ3) is 6.47. The van der Waals surface area contributed by atoms with Gasteiger partial charge in [-0.3, -0.25) is 9.52 Å². The van der Waals surface area contributed by atoms with Crippen molar-refractivity contribution >= 4 is 21.6 Å². The molecule has 1 amide bonds. The van der Waals surface area contributed by atoms with Crippen molar-refractivity contribution < 1.29 is 17.9 Å². The van der Waals surface area contributed by atoms with Crippen LogP contribution in [0.2, 0.25) is 0 Å². The van der Waals surface area contributed by atoms with Gasteiger partial charge >= 0.3 is 0 Å². The van der Waals surface area contributed by atoms with Crippen molar-refractivity contribution in [2.24, 2.45) is 0 Å². The lowest BCUT2D eigenvalue weighted by Gasteiger charge is -2.27. The molecule has 2 aromatic rings. The average molecular weight is 432 g/mol. The van der Waals surface area contributed by atoms with E-state index in [0.717, 1.165) is 55.5 Å². The van der Waals surface area contributed by atoms with Gasteiger partial charge in [-0.25, -0.2) is 8.42 Å². The van der Waals surface area contributed by atoms with E-state index in [1.54, 1.807) is 19.2 Å². The van der Waals surface area contributed by atoms with Crippen LogP contribution in [0.5, 0.6) is 5.75 Å². The van der Waals surface area contributed by atoms with E-state index >= 15 is 0 Å². The van der Waals surface area contributed by atoms with E-state index in [9.17, 15) is 13.2 Å². The Labute approximate surface area is 178 Å². The molecule has 0 spiro atoms. The zero-order valence-corrected chi connectivity index (χ0v) is 18.3. The highest BCUT2D eigenvalue weighted by Crippen LogP contribution is 2.20. The number of benzene rings is 2. The number of amides is 1. The zero-order chi connectivity index (χ0) is 21.6. The van der Waals surface area contributed by atoms with Crippen molar-refractivity contribution in [3.05, 3.63) is 59.2 Å². The number of hydrogen-bond acceptors (Lipinski definition) is 5. The zero-order valence-electron chi connectivity index (χ0n) is 17.5. The highest BCUT2D eigenvalue weighted by molar-refractivity contribution is 7.92. The van der Waals surface area contributed by atoms with Gasteiger partial charge in [0.25, 0.3) is 5.91 Å². The third-order valence-electron chi connectivity index (χ3n) is 4.98. The Balaban J connectivity index is 1.76. The molecule has 2 N–H and O–H groups in total. The van der Waals surface area contributed by atoms with Gasteiger partial charge in [-0.1, -0.05) is 12.1 Å². The molecule has 1 heterocycles. The maximum atomic E-state index is 12.9. The van der Waals surface area contributed by atoms with Gasteiger partial charge in [-0.15, -0.1) is 0 Å². The molecule has 1 fully saturated rings. The predicted octanol–water partition coefficient (Wildman–Crippen LogP) is 2.98. The molecule has 8 heteroatoms. The minimum absolute atomic E-state index is 0.0547. The average Bonchev–Trinajstić information content (AvgIpc) is 2.72. The number of anilines is 1. The molecule has 0 saturated carbocycles. The van der Waals surface area contributed by atoms with E-state index in [4.69, 9.17) is 4.74 Å². The number of carbonyl (C=O) groups excluding carboxylic acids is 1. The number of hydrogen-bond donors (Lipinski definition) is 2. The van der Waals surface area contributed by atoms with Crippen LogP contribution >= 0.6 is 0 Å². The number of rotatable bonds is 8. The van der Waals surface area contributed by atoms with Crippen LogP contribution in [0.3, 0.4) is 0 Å². The topological polar surface area (TPSA) is 87.7 Å². The summed E-state index contributed by atoms with van der Waals surface area (Å²) in [7, 11) is -1.81. The quantitative estimate of drug-likeness (QED) is 0.671. The number of likely N-dealkylation sites (tertiary alicyclic amines) is 1. The van der Waals surface area contributed by atoms with Gasteiger partial charge in [0, 0.05) is 37.4 Å². The molecular formula is C22H29N3O4S. The molecular weight excluding hydrogens is 402 g/mol. The molecule has 0 aliphatic carbocycles. The minimum atomic E-state index is -3.44. The molecule has 162 valence electrons. The molecule has 30 heavy (non-hydrogen) atoms. The van der Waals surface area contributed by atoms with E-state index in [0.29, 0.717) is 24.3 Å². The fourth-order valence-corrected chi connectivity index (χ4v) is 4.15. The summed E-state index contributed by atoms with van der Waals surface area (Å²) in [4.78, 5) is 14.8. The first kappa shape index (κ1) is 22.1.